The molecule has 0 unspecified atom stereocenters. The van der Waals surface area contributed by atoms with E-state index in [0.29, 0.717) is 6.10 Å². The lowest BCUT2D eigenvalue weighted by atomic mass is 9.88. The zero-order valence-corrected chi connectivity index (χ0v) is 8.99. The van der Waals surface area contributed by atoms with E-state index in [9.17, 15) is 0 Å². The van der Waals surface area contributed by atoms with Gasteiger partial charge in [-0.05, 0) is 42.9 Å². The number of benzene rings is 1. The van der Waals surface area contributed by atoms with E-state index in [-0.39, 0.29) is 12.2 Å². The molecule has 1 N–H and O–H groups in total. The first-order chi connectivity index (χ1) is 7.21. The van der Waals surface area contributed by atoms with Crippen LogP contribution in [0.25, 0.3) is 0 Å². The predicted octanol–water partition coefficient (Wildman–Crippen LogP) is 2.13. The van der Waals surface area contributed by atoms with Gasteiger partial charge in [0.25, 0.3) is 0 Å². The molecule has 0 aliphatic carbocycles. The predicted molar refractivity (Wildman–Crippen MR) is 57.5 cm³/mol. The summed E-state index contributed by atoms with van der Waals surface area (Å²) in [6, 6.07) is 6.27. The van der Waals surface area contributed by atoms with Crippen LogP contribution in [0.2, 0.25) is 0 Å². The topological polar surface area (TPSA) is 29.5 Å². The Morgan fingerprint density at radius 3 is 3.20 bits per heavy atom. The Hall–Kier alpha value is -0.860. The summed E-state index contributed by atoms with van der Waals surface area (Å²) in [4.78, 5) is 0. The lowest BCUT2D eigenvalue weighted by molar-refractivity contribution is -0.0438. The normalized spacial score (nSPS) is 32.8. The first-order valence-corrected chi connectivity index (χ1v) is 5.62. The molecule has 2 bridgehead atoms. The second-order valence-electron chi connectivity index (χ2n) is 4.86. The van der Waals surface area contributed by atoms with Gasteiger partial charge >= 0.3 is 0 Å². The molecule has 2 aliphatic rings. The summed E-state index contributed by atoms with van der Waals surface area (Å²) in [6.07, 6.45) is 3.71. The van der Waals surface area contributed by atoms with Gasteiger partial charge < -0.3 is 9.84 Å². The summed E-state index contributed by atoms with van der Waals surface area (Å²) >= 11 is 0. The molecule has 3 rings (SSSR count). The zero-order valence-electron chi connectivity index (χ0n) is 8.99. The Bertz CT molecular complexity index is 400. The van der Waals surface area contributed by atoms with Crippen molar-refractivity contribution in [3.8, 4) is 0 Å². The van der Waals surface area contributed by atoms with Gasteiger partial charge in [-0.1, -0.05) is 18.2 Å². The molecule has 0 radical (unpaired) electrons. The number of hydrogen-bond acceptors (Lipinski definition) is 2. The zero-order chi connectivity index (χ0) is 10.5. The van der Waals surface area contributed by atoms with Crippen LogP contribution in [0, 0.1) is 0 Å². The lowest BCUT2D eigenvalue weighted by Gasteiger charge is -2.33. The monoisotopic (exact) mass is 204 g/mol. The molecule has 0 spiro atoms. The highest BCUT2D eigenvalue weighted by molar-refractivity contribution is 5.39. The minimum Gasteiger partial charge on any atom is -0.392 e. The largest absolute Gasteiger partial charge is 0.392 e. The van der Waals surface area contributed by atoms with E-state index < -0.39 is 0 Å². The van der Waals surface area contributed by atoms with Gasteiger partial charge in [-0.2, -0.15) is 0 Å². The van der Waals surface area contributed by atoms with Crippen molar-refractivity contribution in [3.63, 3.8) is 0 Å². The Balaban J connectivity index is 2.11. The van der Waals surface area contributed by atoms with Crippen molar-refractivity contribution in [1.29, 1.82) is 0 Å². The van der Waals surface area contributed by atoms with Crippen LogP contribution in [-0.2, 0) is 23.4 Å². The van der Waals surface area contributed by atoms with Crippen LogP contribution < -0.4 is 0 Å². The van der Waals surface area contributed by atoms with Crippen molar-refractivity contribution in [2.75, 3.05) is 0 Å². The van der Waals surface area contributed by atoms with Gasteiger partial charge in [-0.15, -0.1) is 0 Å². The number of ether oxygens (including phenoxy) is 1. The van der Waals surface area contributed by atoms with Gasteiger partial charge in [0.2, 0.25) is 0 Å². The van der Waals surface area contributed by atoms with Gasteiger partial charge in [0.1, 0.15) is 0 Å². The molecule has 2 heteroatoms. The summed E-state index contributed by atoms with van der Waals surface area (Å²) in [5, 5.41) is 9.12. The highest BCUT2D eigenvalue weighted by Gasteiger charge is 2.42. The fourth-order valence-corrected chi connectivity index (χ4v) is 2.94. The molecule has 0 saturated carbocycles. The molecule has 1 fully saturated rings. The minimum atomic E-state index is -0.0633. The van der Waals surface area contributed by atoms with Gasteiger partial charge in [0.15, 0.2) is 0 Å². The SMILES string of the molecule is C[C@@]12CC[C@@H](Cc3cc(CO)ccc31)O2. The van der Waals surface area contributed by atoms with Crippen LogP contribution in [0.1, 0.15) is 36.5 Å². The molecule has 2 heterocycles. The first-order valence-electron chi connectivity index (χ1n) is 5.62. The van der Waals surface area contributed by atoms with Crippen molar-refractivity contribution < 1.29 is 9.84 Å². The maximum atomic E-state index is 9.12. The van der Waals surface area contributed by atoms with Gasteiger partial charge in [0.05, 0.1) is 18.3 Å². The molecule has 1 aromatic carbocycles. The molecular weight excluding hydrogens is 188 g/mol. The van der Waals surface area contributed by atoms with Crippen molar-refractivity contribution in [1.82, 2.24) is 0 Å². The third-order valence-corrected chi connectivity index (χ3v) is 3.74. The van der Waals surface area contributed by atoms with Crippen molar-refractivity contribution in [2.24, 2.45) is 0 Å². The first kappa shape index (κ1) is 9.37. The number of fused-ring (bicyclic) bond motifs is 4. The summed E-state index contributed by atoms with van der Waals surface area (Å²) in [6.45, 7) is 2.32. The fraction of sp³-hybridized carbons (Fsp3) is 0.538. The average molecular weight is 204 g/mol. The molecule has 15 heavy (non-hydrogen) atoms. The van der Waals surface area contributed by atoms with Crippen molar-refractivity contribution in [3.05, 3.63) is 34.9 Å². The van der Waals surface area contributed by atoms with E-state index in [2.05, 4.69) is 19.1 Å². The molecule has 1 aromatic rings. The van der Waals surface area contributed by atoms with Gasteiger partial charge in [0, 0.05) is 0 Å². The van der Waals surface area contributed by atoms with E-state index >= 15 is 0 Å². The third-order valence-electron chi connectivity index (χ3n) is 3.74. The average Bonchev–Trinajstić information content (AvgIpc) is 2.55. The van der Waals surface area contributed by atoms with Crippen LogP contribution in [0.3, 0.4) is 0 Å². The van der Waals surface area contributed by atoms with Gasteiger partial charge in [-0.3, -0.25) is 0 Å². The molecule has 1 saturated heterocycles. The number of hydrogen-bond donors (Lipinski definition) is 1. The van der Waals surface area contributed by atoms with Crippen molar-refractivity contribution >= 4 is 0 Å². The molecule has 0 amide bonds. The van der Waals surface area contributed by atoms with Crippen LogP contribution in [0.4, 0.5) is 0 Å². The summed E-state index contributed by atoms with van der Waals surface area (Å²) in [5.41, 5.74) is 3.65. The lowest BCUT2D eigenvalue weighted by Crippen LogP contribution is -2.30. The van der Waals surface area contributed by atoms with Crippen molar-refractivity contribution in [2.45, 2.75) is 44.5 Å². The Kier molecular flexibility index (Phi) is 1.91. The second kappa shape index (κ2) is 3.06. The summed E-state index contributed by atoms with van der Waals surface area (Å²) in [5.74, 6) is 0. The molecule has 0 aromatic heterocycles. The Morgan fingerprint density at radius 2 is 2.40 bits per heavy atom. The molecular formula is C13H16O2. The maximum Gasteiger partial charge on any atom is 0.0910 e. The summed E-state index contributed by atoms with van der Waals surface area (Å²) < 4.78 is 6.02. The molecule has 2 nitrogen and oxygen atoms in total. The van der Waals surface area contributed by atoms with Gasteiger partial charge in [-0.25, -0.2) is 0 Å². The quantitative estimate of drug-likeness (QED) is 0.759. The molecule has 2 atom stereocenters. The maximum absolute atomic E-state index is 9.12. The number of aliphatic hydroxyl groups is 1. The Labute approximate surface area is 89.9 Å². The van der Waals surface area contributed by atoms with E-state index in [1.54, 1.807) is 0 Å². The minimum absolute atomic E-state index is 0.0633. The molecule has 80 valence electrons. The van der Waals surface area contributed by atoms with Crippen LogP contribution >= 0.6 is 0 Å². The van der Waals surface area contributed by atoms with Crippen LogP contribution in [-0.4, -0.2) is 11.2 Å². The van der Waals surface area contributed by atoms with E-state index in [1.807, 2.05) is 6.07 Å². The Morgan fingerprint density at radius 1 is 1.53 bits per heavy atom. The standard InChI is InChI=1S/C13H16O2/c1-13-5-4-11(15-13)7-10-6-9(8-14)2-3-12(10)13/h2-3,6,11,14H,4-5,7-8H2,1H3/t11-,13+/m0/s1. The number of aliphatic hydroxyl groups excluding tert-OH is 1. The highest BCUT2D eigenvalue weighted by atomic mass is 16.5. The van der Waals surface area contributed by atoms with E-state index in [0.717, 1.165) is 18.4 Å². The van der Waals surface area contributed by atoms with Crippen LogP contribution in [0.15, 0.2) is 18.2 Å². The third kappa shape index (κ3) is 1.32. The smallest absolute Gasteiger partial charge is 0.0910 e. The fourth-order valence-electron chi connectivity index (χ4n) is 2.94. The number of rotatable bonds is 1. The molecule has 2 aliphatic heterocycles. The van der Waals surface area contributed by atoms with E-state index in [4.69, 9.17) is 9.84 Å². The van der Waals surface area contributed by atoms with E-state index in [1.165, 1.54) is 17.5 Å². The van der Waals surface area contributed by atoms with Crippen LogP contribution in [0.5, 0.6) is 0 Å². The highest BCUT2D eigenvalue weighted by Crippen LogP contribution is 2.45. The summed E-state index contributed by atoms with van der Waals surface area (Å²) in [7, 11) is 0. The second-order valence-corrected chi connectivity index (χ2v) is 4.86.